The van der Waals surface area contributed by atoms with E-state index in [2.05, 4.69) is 46.6 Å². The predicted molar refractivity (Wildman–Crippen MR) is 128 cm³/mol. The third kappa shape index (κ3) is 4.51. The van der Waals surface area contributed by atoms with E-state index in [0.29, 0.717) is 18.5 Å². The van der Waals surface area contributed by atoms with Gasteiger partial charge in [-0.15, -0.1) is 0 Å². The summed E-state index contributed by atoms with van der Waals surface area (Å²) < 4.78 is 0. The number of nitrogens with one attached hydrogen (secondary N) is 2. The highest BCUT2D eigenvalue weighted by Gasteiger charge is 2.39. The Morgan fingerprint density at radius 3 is 2.76 bits per heavy atom. The van der Waals surface area contributed by atoms with Crippen molar-refractivity contribution < 1.29 is 14.7 Å². The van der Waals surface area contributed by atoms with E-state index in [9.17, 15) is 14.7 Å². The normalized spacial score (nSPS) is 22.3. The van der Waals surface area contributed by atoms with Crippen molar-refractivity contribution in [2.45, 2.75) is 24.8 Å². The average molecular weight is 447 g/mol. The third-order valence-electron chi connectivity index (χ3n) is 7.11. The van der Waals surface area contributed by atoms with Crippen LogP contribution in [0.15, 0.2) is 54.7 Å². The minimum absolute atomic E-state index is 0.0625. The van der Waals surface area contributed by atoms with Crippen LogP contribution in [0.2, 0.25) is 0 Å². The number of aromatic nitrogens is 1. The largest absolute Gasteiger partial charge is 0.480 e. The average Bonchev–Trinajstić information content (AvgIpc) is 3.19. The zero-order valence-corrected chi connectivity index (χ0v) is 18.8. The Labute approximate surface area is 193 Å². The van der Waals surface area contributed by atoms with Gasteiger partial charge in [0.1, 0.15) is 0 Å². The summed E-state index contributed by atoms with van der Waals surface area (Å²) in [7, 11) is 2.17. The number of likely N-dealkylation sites (tertiary alicyclic amines) is 1. The van der Waals surface area contributed by atoms with Gasteiger partial charge in [0.15, 0.2) is 0 Å². The summed E-state index contributed by atoms with van der Waals surface area (Å²) in [6, 6.07) is 16.2. The number of rotatable bonds is 7. The van der Waals surface area contributed by atoms with Crippen LogP contribution in [-0.2, 0) is 16.0 Å². The number of fused-ring (bicyclic) bond motifs is 2. The molecule has 3 aromatic rings. The number of benzene rings is 2. The summed E-state index contributed by atoms with van der Waals surface area (Å²) in [6.45, 7) is 1.40. The number of H-pyrrole nitrogens is 1. The minimum Gasteiger partial charge on any atom is -0.480 e. The lowest BCUT2D eigenvalue weighted by molar-refractivity contribution is -0.138. The molecule has 2 aromatic carbocycles. The maximum absolute atomic E-state index is 12.6. The molecule has 0 spiro atoms. The van der Waals surface area contributed by atoms with E-state index in [1.807, 2.05) is 30.3 Å². The van der Waals surface area contributed by atoms with Crippen LogP contribution in [0, 0.1) is 5.92 Å². The monoisotopic (exact) mass is 446 g/mol. The highest BCUT2D eigenvalue weighted by atomic mass is 16.4. The number of carboxylic acids is 1. The van der Waals surface area contributed by atoms with Crippen LogP contribution < -0.4 is 5.32 Å². The van der Waals surface area contributed by atoms with Crippen molar-refractivity contribution in [2.24, 2.45) is 5.92 Å². The lowest BCUT2D eigenvalue weighted by atomic mass is 9.72. The van der Waals surface area contributed by atoms with E-state index in [-0.39, 0.29) is 24.9 Å². The molecule has 2 heterocycles. The Kier molecular flexibility index (Phi) is 5.91. The van der Waals surface area contributed by atoms with E-state index in [1.165, 1.54) is 22.0 Å². The molecule has 2 aliphatic rings. The maximum atomic E-state index is 12.6. The van der Waals surface area contributed by atoms with Gasteiger partial charge in [-0.25, -0.2) is 0 Å². The Morgan fingerprint density at radius 1 is 1.15 bits per heavy atom. The van der Waals surface area contributed by atoms with E-state index in [4.69, 9.17) is 0 Å². The molecule has 0 bridgehead atoms. The number of aromatic amines is 1. The zero-order valence-electron chi connectivity index (χ0n) is 18.8. The molecule has 1 fully saturated rings. The molecular formula is C26H30N4O3. The van der Waals surface area contributed by atoms with Gasteiger partial charge >= 0.3 is 5.97 Å². The molecule has 1 aliphatic heterocycles. The number of carbonyl (C=O) groups excluding carboxylic acids is 1. The Balaban J connectivity index is 1.31. The van der Waals surface area contributed by atoms with Gasteiger partial charge < -0.3 is 20.3 Å². The first kappa shape index (κ1) is 21.7. The number of piperidine rings is 1. The Hall–Kier alpha value is -3.16. The van der Waals surface area contributed by atoms with Crippen molar-refractivity contribution in [1.82, 2.24) is 14.8 Å². The minimum atomic E-state index is -0.913. The predicted octanol–water partition coefficient (Wildman–Crippen LogP) is 3.15. The number of carbonyl (C=O) groups is 2. The molecule has 3 atom stereocenters. The molecule has 172 valence electrons. The number of aliphatic carboxylic acids is 1. The second kappa shape index (κ2) is 9.00. The smallest absolute Gasteiger partial charge is 0.317 e. The van der Waals surface area contributed by atoms with E-state index in [1.54, 1.807) is 4.90 Å². The fourth-order valence-corrected chi connectivity index (χ4v) is 5.85. The summed E-state index contributed by atoms with van der Waals surface area (Å²) in [4.78, 5) is 31.8. The number of anilines is 1. The SMILES string of the molecule is CN1C[C@H](CN(CC(=O)O)CC(=O)Nc2ccccc2)C[C@@H]2c3cccc4[nH]cc(c34)C[C@H]21. The molecule has 7 nitrogen and oxygen atoms in total. The summed E-state index contributed by atoms with van der Waals surface area (Å²) in [5.41, 5.74) is 4.69. The lowest BCUT2D eigenvalue weighted by Gasteiger charge is -2.46. The third-order valence-corrected chi connectivity index (χ3v) is 7.11. The fraction of sp³-hybridized carbons (Fsp3) is 0.385. The highest BCUT2D eigenvalue weighted by Crippen LogP contribution is 2.44. The number of carboxylic acid groups (broad SMARTS) is 1. The topological polar surface area (TPSA) is 88.7 Å². The van der Waals surface area contributed by atoms with Crippen LogP contribution >= 0.6 is 0 Å². The highest BCUT2D eigenvalue weighted by molar-refractivity contribution is 5.92. The van der Waals surface area contributed by atoms with Gasteiger partial charge in [0, 0.05) is 47.8 Å². The number of hydrogen-bond donors (Lipinski definition) is 3. The molecule has 1 amide bonds. The zero-order chi connectivity index (χ0) is 22.9. The molecule has 0 saturated carbocycles. The van der Waals surface area contributed by atoms with Gasteiger partial charge in [0.05, 0.1) is 13.1 Å². The standard InChI is InChI=1S/C26H30N4O3/c1-29-13-17(10-21-20-8-5-9-22-26(20)18(12-27-22)11-23(21)29)14-30(16-25(32)33)15-24(31)28-19-6-3-2-4-7-19/h2-9,12,17,21,23,27H,10-11,13-16H2,1H3,(H,28,31)(H,32,33)/t17-,21-,23-/m1/s1. The van der Waals surface area contributed by atoms with Gasteiger partial charge in [-0.3, -0.25) is 14.5 Å². The molecule has 5 rings (SSSR count). The first-order chi connectivity index (χ1) is 16.0. The molecule has 7 heteroatoms. The number of hydrogen-bond acceptors (Lipinski definition) is 4. The maximum Gasteiger partial charge on any atom is 0.317 e. The molecule has 33 heavy (non-hydrogen) atoms. The van der Waals surface area contributed by atoms with Gasteiger partial charge in [-0.05, 0) is 55.1 Å². The van der Waals surface area contributed by atoms with E-state index < -0.39 is 5.97 Å². The quantitative estimate of drug-likeness (QED) is 0.519. The van der Waals surface area contributed by atoms with Crippen LogP contribution in [-0.4, -0.2) is 71.0 Å². The summed E-state index contributed by atoms with van der Waals surface area (Å²) in [5, 5.41) is 13.7. The van der Waals surface area contributed by atoms with Gasteiger partial charge in [0.2, 0.25) is 5.91 Å². The van der Waals surface area contributed by atoms with Crippen LogP contribution in [0.4, 0.5) is 5.69 Å². The molecule has 3 N–H and O–H groups in total. The summed E-state index contributed by atoms with van der Waals surface area (Å²) >= 11 is 0. The van der Waals surface area contributed by atoms with Gasteiger partial charge in [-0.2, -0.15) is 0 Å². The van der Waals surface area contributed by atoms with E-state index in [0.717, 1.165) is 25.1 Å². The molecule has 0 unspecified atom stereocenters. The first-order valence-corrected chi connectivity index (χ1v) is 11.6. The molecule has 0 radical (unpaired) electrons. The molecule has 1 saturated heterocycles. The number of para-hydroxylation sites is 1. The summed E-state index contributed by atoms with van der Waals surface area (Å²) in [6.07, 6.45) is 4.17. The first-order valence-electron chi connectivity index (χ1n) is 11.6. The van der Waals surface area contributed by atoms with E-state index >= 15 is 0 Å². The Morgan fingerprint density at radius 2 is 1.97 bits per heavy atom. The van der Waals surface area contributed by atoms with Crippen LogP contribution in [0.3, 0.4) is 0 Å². The van der Waals surface area contributed by atoms with Crippen molar-refractivity contribution in [2.75, 3.05) is 38.5 Å². The van der Waals surface area contributed by atoms with Crippen LogP contribution in [0.25, 0.3) is 10.9 Å². The number of amides is 1. The number of nitrogens with zero attached hydrogens (tertiary/aromatic N) is 2. The molecule has 1 aliphatic carbocycles. The van der Waals surface area contributed by atoms with Crippen molar-refractivity contribution in [3.05, 3.63) is 65.9 Å². The fourth-order valence-electron chi connectivity index (χ4n) is 5.85. The Bertz CT molecular complexity index is 1160. The number of likely N-dealkylation sites (N-methyl/N-ethyl adjacent to an activating group) is 1. The van der Waals surface area contributed by atoms with Gasteiger partial charge in [-0.1, -0.05) is 30.3 Å². The van der Waals surface area contributed by atoms with Gasteiger partial charge in [0.25, 0.3) is 0 Å². The van der Waals surface area contributed by atoms with Crippen LogP contribution in [0.1, 0.15) is 23.5 Å². The second-order valence-corrected chi connectivity index (χ2v) is 9.48. The molecular weight excluding hydrogens is 416 g/mol. The lowest BCUT2D eigenvalue weighted by Crippen LogP contribution is -2.51. The van der Waals surface area contributed by atoms with Crippen molar-refractivity contribution in [3.63, 3.8) is 0 Å². The summed E-state index contributed by atoms with van der Waals surface area (Å²) in [5.74, 6) is -0.408. The van der Waals surface area contributed by atoms with Crippen LogP contribution in [0.5, 0.6) is 0 Å². The second-order valence-electron chi connectivity index (χ2n) is 9.48. The van der Waals surface area contributed by atoms with Crippen molar-refractivity contribution >= 4 is 28.5 Å². The molecule has 1 aromatic heterocycles. The van der Waals surface area contributed by atoms with Crippen molar-refractivity contribution in [1.29, 1.82) is 0 Å². The van der Waals surface area contributed by atoms with Crippen molar-refractivity contribution in [3.8, 4) is 0 Å².